The number of amides is 2. The zero-order chi connectivity index (χ0) is 18.7. The van der Waals surface area contributed by atoms with Crippen molar-refractivity contribution in [2.75, 3.05) is 30.4 Å². The largest absolute Gasteiger partial charge is 0.325 e. The first-order chi connectivity index (χ1) is 12.4. The third kappa shape index (κ3) is 4.51. The molecule has 0 saturated heterocycles. The summed E-state index contributed by atoms with van der Waals surface area (Å²) >= 11 is 3.42. The molecular formula is C20H22BrN3O2. The third-order valence-corrected chi connectivity index (χ3v) is 4.95. The minimum atomic E-state index is -0.0500. The zero-order valence-electron chi connectivity index (χ0n) is 15.0. The van der Waals surface area contributed by atoms with Gasteiger partial charge in [-0.25, -0.2) is 0 Å². The number of carbonyl (C=O) groups is 2. The Morgan fingerprint density at radius 2 is 1.92 bits per heavy atom. The molecule has 0 spiro atoms. The molecule has 3 rings (SSSR count). The van der Waals surface area contributed by atoms with Crippen molar-refractivity contribution in [2.24, 2.45) is 0 Å². The Morgan fingerprint density at radius 1 is 1.19 bits per heavy atom. The normalized spacial score (nSPS) is 13.0. The second-order valence-electron chi connectivity index (χ2n) is 6.61. The van der Waals surface area contributed by atoms with Gasteiger partial charge in [0, 0.05) is 35.9 Å². The van der Waals surface area contributed by atoms with Crippen molar-refractivity contribution < 1.29 is 9.59 Å². The van der Waals surface area contributed by atoms with E-state index in [1.165, 1.54) is 0 Å². The topological polar surface area (TPSA) is 52.7 Å². The van der Waals surface area contributed by atoms with Gasteiger partial charge in [0.2, 0.25) is 11.8 Å². The minimum Gasteiger partial charge on any atom is -0.325 e. The predicted molar refractivity (Wildman–Crippen MR) is 107 cm³/mol. The van der Waals surface area contributed by atoms with Crippen molar-refractivity contribution in [1.29, 1.82) is 0 Å². The summed E-state index contributed by atoms with van der Waals surface area (Å²) in [5.74, 6) is 0.00100. The molecule has 2 amide bonds. The number of nitrogens with zero attached hydrogens (tertiary/aromatic N) is 2. The molecule has 0 bridgehead atoms. The molecule has 0 fully saturated rings. The van der Waals surface area contributed by atoms with E-state index >= 15 is 0 Å². The fourth-order valence-corrected chi connectivity index (χ4v) is 3.47. The van der Waals surface area contributed by atoms with E-state index in [2.05, 4.69) is 21.2 Å². The van der Waals surface area contributed by atoms with Crippen LogP contribution in [0.5, 0.6) is 0 Å². The highest BCUT2D eigenvalue weighted by Gasteiger charge is 2.22. The highest BCUT2D eigenvalue weighted by atomic mass is 79.9. The number of fused-ring (bicyclic) bond motifs is 1. The highest BCUT2D eigenvalue weighted by Crippen LogP contribution is 2.30. The van der Waals surface area contributed by atoms with E-state index in [0.717, 1.165) is 33.4 Å². The molecule has 1 aliphatic heterocycles. The van der Waals surface area contributed by atoms with Gasteiger partial charge in [0.25, 0.3) is 0 Å². The first-order valence-electron chi connectivity index (χ1n) is 8.56. The van der Waals surface area contributed by atoms with Crippen LogP contribution in [0.1, 0.15) is 18.1 Å². The molecule has 26 heavy (non-hydrogen) atoms. The summed E-state index contributed by atoms with van der Waals surface area (Å²) in [5.41, 5.74) is 3.98. The van der Waals surface area contributed by atoms with Crippen LogP contribution < -0.4 is 10.2 Å². The Kier molecular flexibility index (Phi) is 5.74. The molecule has 1 N–H and O–H groups in total. The monoisotopic (exact) mass is 415 g/mol. The van der Waals surface area contributed by atoms with Crippen LogP contribution in [0.2, 0.25) is 0 Å². The van der Waals surface area contributed by atoms with Gasteiger partial charge in [0.05, 0.1) is 6.54 Å². The van der Waals surface area contributed by atoms with E-state index in [-0.39, 0.29) is 11.8 Å². The van der Waals surface area contributed by atoms with Crippen molar-refractivity contribution >= 4 is 39.1 Å². The van der Waals surface area contributed by atoms with Crippen LogP contribution >= 0.6 is 15.9 Å². The number of carbonyl (C=O) groups excluding carboxylic acids is 2. The predicted octanol–water partition coefficient (Wildman–Crippen LogP) is 3.43. The summed E-state index contributed by atoms with van der Waals surface area (Å²) < 4.78 is 1.04. The van der Waals surface area contributed by atoms with E-state index < -0.39 is 0 Å². The molecule has 0 unspecified atom stereocenters. The number of hydrogen-bond acceptors (Lipinski definition) is 3. The number of halogens is 1. The maximum atomic E-state index is 12.3. The average molecular weight is 416 g/mol. The summed E-state index contributed by atoms with van der Waals surface area (Å²) in [7, 11) is 1.93. The molecule has 6 heteroatoms. The van der Waals surface area contributed by atoms with Gasteiger partial charge in [0.1, 0.15) is 0 Å². The van der Waals surface area contributed by atoms with Gasteiger partial charge < -0.3 is 10.2 Å². The quantitative estimate of drug-likeness (QED) is 0.813. The fourth-order valence-electron chi connectivity index (χ4n) is 3.21. The number of nitrogens with one attached hydrogen (secondary N) is 1. The number of rotatable bonds is 5. The fraction of sp³-hybridized carbons (Fsp3) is 0.300. The first-order valence-corrected chi connectivity index (χ1v) is 9.35. The Morgan fingerprint density at radius 3 is 2.62 bits per heavy atom. The zero-order valence-corrected chi connectivity index (χ0v) is 16.5. The van der Waals surface area contributed by atoms with Gasteiger partial charge in [-0.3, -0.25) is 14.5 Å². The number of likely N-dealkylation sites (N-methyl/N-ethyl adjacent to an activating group) is 1. The van der Waals surface area contributed by atoms with Gasteiger partial charge in [-0.15, -0.1) is 0 Å². The van der Waals surface area contributed by atoms with Gasteiger partial charge in [-0.1, -0.05) is 28.1 Å². The molecule has 1 heterocycles. The average Bonchev–Trinajstić information content (AvgIpc) is 3.00. The second kappa shape index (κ2) is 8.01. The molecule has 0 aliphatic carbocycles. The lowest BCUT2D eigenvalue weighted by Gasteiger charge is -2.17. The van der Waals surface area contributed by atoms with Crippen LogP contribution in [0, 0.1) is 0 Å². The van der Waals surface area contributed by atoms with Crippen LogP contribution in [0.25, 0.3) is 0 Å². The molecule has 0 aromatic heterocycles. The third-order valence-electron chi connectivity index (χ3n) is 4.42. The van der Waals surface area contributed by atoms with Crippen molar-refractivity contribution in [2.45, 2.75) is 19.9 Å². The molecule has 0 saturated carbocycles. The van der Waals surface area contributed by atoms with Crippen LogP contribution in [-0.2, 0) is 22.6 Å². The summed E-state index contributed by atoms with van der Waals surface area (Å²) in [6, 6.07) is 13.8. The molecule has 0 radical (unpaired) electrons. The minimum absolute atomic E-state index is 0.0500. The maximum absolute atomic E-state index is 12.3. The van der Waals surface area contributed by atoms with E-state index in [0.29, 0.717) is 19.6 Å². The summed E-state index contributed by atoms with van der Waals surface area (Å²) in [5, 5.41) is 2.95. The maximum Gasteiger partial charge on any atom is 0.238 e. The van der Waals surface area contributed by atoms with Crippen molar-refractivity contribution in [3.8, 4) is 0 Å². The standard InChI is InChI=1S/C20H22BrN3O2/c1-14(25)24-10-9-16-11-18(7-8-19(16)24)22-20(26)13-23(2)12-15-3-5-17(21)6-4-15/h3-8,11H,9-10,12-13H2,1-2H3,(H,22,26). The van der Waals surface area contributed by atoms with Crippen molar-refractivity contribution in [1.82, 2.24) is 4.90 Å². The summed E-state index contributed by atoms with van der Waals surface area (Å²) in [6.07, 6.45) is 0.822. The lowest BCUT2D eigenvalue weighted by molar-refractivity contribution is -0.117. The van der Waals surface area contributed by atoms with Gasteiger partial charge in [-0.2, -0.15) is 0 Å². The molecule has 1 aliphatic rings. The van der Waals surface area contributed by atoms with E-state index in [9.17, 15) is 9.59 Å². The van der Waals surface area contributed by atoms with Gasteiger partial charge >= 0.3 is 0 Å². The highest BCUT2D eigenvalue weighted by molar-refractivity contribution is 9.10. The Labute approximate surface area is 162 Å². The Balaban J connectivity index is 1.56. The van der Waals surface area contributed by atoms with E-state index in [1.807, 2.05) is 54.4 Å². The van der Waals surface area contributed by atoms with Gasteiger partial charge in [0.15, 0.2) is 0 Å². The van der Waals surface area contributed by atoms with Crippen LogP contribution in [0.15, 0.2) is 46.9 Å². The SMILES string of the molecule is CC(=O)N1CCc2cc(NC(=O)CN(C)Cc3ccc(Br)cc3)ccc21. The molecule has 2 aromatic rings. The Hall–Kier alpha value is -2.18. The van der Waals surface area contributed by atoms with E-state index in [4.69, 9.17) is 0 Å². The molecule has 5 nitrogen and oxygen atoms in total. The number of hydrogen-bond donors (Lipinski definition) is 1. The molecule has 0 atom stereocenters. The van der Waals surface area contributed by atoms with Crippen LogP contribution in [0.3, 0.4) is 0 Å². The number of benzene rings is 2. The molecular weight excluding hydrogens is 394 g/mol. The second-order valence-corrected chi connectivity index (χ2v) is 7.53. The first kappa shape index (κ1) is 18.6. The summed E-state index contributed by atoms with van der Waals surface area (Å²) in [6.45, 7) is 3.30. The molecule has 2 aromatic carbocycles. The smallest absolute Gasteiger partial charge is 0.238 e. The Bertz CT molecular complexity index is 820. The van der Waals surface area contributed by atoms with E-state index in [1.54, 1.807) is 11.8 Å². The van der Waals surface area contributed by atoms with Gasteiger partial charge in [-0.05, 0) is 54.9 Å². The summed E-state index contributed by atoms with van der Waals surface area (Å²) in [4.78, 5) is 27.7. The lowest BCUT2D eigenvalue weighted by Crippen LogP contribution is -2.29. The van der Waals surface area contributed by atoms with Crippen molar-refractivity contribution in [3.63, 3.8) is 0 Å². The van der Waals surface area contributed by atoms with Crippen LogP contribution in [0.4, 0.5) is 11.4 Å². The number of anilines is 2. The van der Waals surface area contributed by atoms with Crippen molar-refractivity contribution in [3.05, 3.63) is 58.1 Å². The van der Waals surface area contributed by atoms with Crippen LogP contribution in [-0.4, -0.2) is 36.9 Å². The lowest BCUT2D eigenvalue weighted by atomic mass is 10.1. The molecule has 136 valence electrons.